The SMILES string of the molecule is Cc1cc(Br)cc(Cl)c1NI. The molecule has 0 atom stereocenters. The Morgan fingerprint density at radius 1 is 1.55 bits per heavy atom. The monoisotopic (exact) mass is 345 g/mol. The second kappa shape index (κ2) is 3.96. The largest absolute Gasteiger partial charge is 0.327 e. The van der Waals surface area contributed by atoms with Gasteiger partial charge in [-0.25, -0.2) is 0 Å². The maximum Gasteiger partial charge on any atom is 0.0658 e. The van der Waals surface area contributed by atoms with E-state index in [9.17, 15) is 0 Å². The van der Waals surface area contributed by atoms with Crippen molar-refractivity contribution in [1.29, 1.82) is 0 Å². The van der Waals surface area contributed by atoms with Crippen LogP contribution in [-0.4, -0.2) is 0 Å². The van der Waals surface area contributed by atoms with E-state index in [-0.39, 0.29) is 0 Å². The van der Waals surface area contributed by atoms with Gasteiger partial charge in [0.25, 0.3) is 0 Å². The first-order valence-corrected chi connectivity index (χ1v) is 5.22. The molecule has 0 radical (unpaired) electrons. The van der Waals surface area contributed by atoms with E-state index >= 15 is 0 Å². The lowest BCUT2D eigenvalue weighted by atomic mass is 10.2. The lowest BCUT2D eigenvalue weighted by Gasteiger charge is -2.05. The van der Waals surface area contributed by atoms with E-state index in [4.69, 9.17) is 11.6 Å². The van der Waals surface area contributed by atoms with Crippen molar-refractivity contribution in [3.63, 3.8) is 0 Å². The van der Waals surface area contributed by atoms with Crippen molar-refractivity contribution in [3.8, 4) is 0 Å². The van der Waals surface area contributed by atoms with Crippen molar-refractivity contribution in [2.24, 2.45) is 0 Å². The molecule has 60 valence electrons. The van der Waals surface area contributed by atoms with E-state index in [0.29, 0.717) is 0 Å². The Hall–Kier alpha value is 0.520. The molecule has 0 fully saturated rings. The van der Waals surface area contributed by atoms with Gasteiger partial charge in [0.15, 0.2) is 0 Å². The highest BCUT2D eigenvalue weighted by atomic mass is 127. The third-order valence-electron chi connectivity index (χ3n) is 1.35. The Labute approximate surface area is 93.1 Å². The molecule has 0 aliphatic rings. The normalized spacial score (nSPS) is 9.82. The first kappa shape index (κ1) is 9.61. The summed E-state index contributed by atoms with van der Waals surface area (Å²) >= 11 is 11.4. The third kappa shape index (κ3) is 2.23. The molecule has 1 aromatic carbocycles. The maximum atomic E-state index is 5.94. The maximum absolute atomic E-state index is 5.94. The van der Waals surface area contributed by atoms with Gasteiger partial charge in [0.1, 0.15) is 0 Å². The van der Waals surface area contributed by atoms with Crippen LogP contribution in [0.3, 0.4) is 0 Å². The fourth-order valence-corrected chi connectivity index (χ4v) is 2.72. The number of hydrogen-bond donors (Lipinski definition) is 1. The highest BCUT2D eigenvalue weighted by Crippen LogP contribution is 2.30. The topological polar surface area (TPSA) is 12.0 Å². The molecule has 0 amide bonds. The minimum absolute atomic E-state index is 0.742. The summed E-state index contributed by atoms with van der Waals surface area (Å²) in [6, 6.07) is 3.89. The Bertz CT molecular complexity index is 254. The van der Waals surface area contributed by atoms with E-state index in [0.717, 1.165) is 20.7 Å². The molecule has 1 aromatic rings. The van der Waals surface area contributed by atoms with Gasteiger partial charge < -0.3 is 3.53 Å². The van der Waals surface area contributed by atoms with E-state index in [2.05, 4.69) is 42.3 Å². The van der Waals surface area contributed by atoms with Crippen LogP contribution < -0.4 is 3.53 Å². The summed E-state index contributed by atoms with van der Waals surface area (Å²) in [6.07, 6.45) is 0. The van der Waals surface area contributed by atoms with Gasteiger partial charge in [0.2, 0.25) is 0 Å². The smallest absolute Gasteiger partial charge is 0.0658 e. The van der Waals surface area contributed by atoms with Crippen LogP contribution in [0.25, 0.3) is 0 Å². The number of aryl methyl sites for hydroxylation is 1. The first-order valence-electron chi connectivity index (χ1n) is 2.97. The molecule has 0 spiro atoms. The number of benzene rings is 1. The lowest BCUT2D eigenvalue weighted by Crippen LogP contribution is -1.85. The van der Waals surface area contributed by atoms with Crippen LogP contribution in [0.2, 0.25) is 5.02 Å². The van der Waals surface area contributed by atoms with Gasteiger partial charge in [0, 0.05) is 4.47 Å². The van der Waals surface area contributed by atoms with Gasteiger partial charge in [0.05, 0.1) is 33.6 Å². The van der Waals surface area contributed by atoms with Gasteiger partial charge in [-0.3, -0.25) is 0 Å². The van der Waals surface area contributed by atoms with Gasteiger partial charge >= 0.3 is 0 Å². The molecule has 0 aromatic heterocycles. The quantitative estimate of drug-likeness (QED) is 0.594. The fraction of sp³-hybridized carbons (Fsp3) is 0.143. The Morgan fingerprint density at radius 2 is 2.18 bits per heavy atom. The molecule has 1 rings (SSSR count). The molecule has 11 heavy (non-hydrogen) atoms. The van der Waals surface area contributed by atoms with Gasteiger partial charge in [-0.15, -0.1) is 0 Å². The molecule has 0 saturated carbocycles. The average molecular weight is 346 g/mol. The highest BCUT2D eigenvalue weighted by Gasteiger charge is 2.02. The highest BCUT2D eigenvalue weighted by molar-refractivity contribution is 14.1. The van der Waals surface area contributed by atoms with Gasteiger partial charge in [-0.1, -0.05) is 27.5 Å². The zero-order valence-electron chi connectivity index (χ0n) is 5.79. The summed E-state index contributed by atoms with van der Waals surface area (Å²) in [5.41, 5.74) is 2.12. The van der Waals surface area contributed by atoms with Crippen LogP contribution >= 0.6 is 50.4 Å². The standard InChI is InChI=1S/C7H6BrClIN/c1-4-2-5(8)3-6(9)7(4)11-10/h2-3,11H,1H3. The van der Waals surface area contributed by atoms with Crippen molar-refractivity contribution in [3.05, 3.63) is 27.2 Å². The van der Waals surface area contributed by atoms with Crippen molar-refractivity contribution < 1.29 is 0 Å². The predicted molar refractivity (Wildman–Crippen MR) is 61.5 cm³/mol. The molecule has 0 saturated heterocycles. The Kier molecular flexibility index (Phi) is 3.46. The zero-order chi connectivity index (χ0) is 8.43. The number of rotatable bonds is 1. The third-order valence-corrected chi connectivity index (χ3v) is 2.64. The summed E-state index contributed by atoms with van der Waals surface area (Å²) in [4.78, 5) is 0. The van der Waals surface area contributed by atoms with Crippen molar-refractivity contribution >= 4 is 56.1 Å². The van der Waals surface area contributed by atoms with Crippen LogP contribution in [0, 0.1) is 6.92 Å². The van der Waals surface area contributed by atoms with Crippen LogP contribution in [0.4, 0.5) is 5.69 Å². The molecule has 0 heterocycles. The van der Waals surface area contributed by atoms with Gasteiger partial charge in [-0.2, -0.15) is 0 Å². The fourth-order valence-electron chi connectivity index (χ4n) is 0.822. The summed E-state index contributed by atoms with van der Waals surface area (Å²) in [5.74, 6) is 0. The molecule has 0 aliphatic carbocycles. The molecule has 4 heteroatoms. The van der Waals surface area contributed by atoms with Crippen molar-refractivity contribution in [2.45, 2.75) is 6.92 Å². The van der Waals surface area contributed by atoms with Crippen molar-refractivity contribution in [2.75, 3.05) is 3.53 Å². The number of hydrogen-bond acceptors (Lipinski definition) is 1. The average Bonchev–Trinajstić information content (AvgIpc) is 1.85. The van der Waals surface area contributed by atoms with E-state index < -0.39 is 0 Å². The molecule has 0 aliphatic heterocycles. The molecule has 1 N–H and O–H groups in total. The van der Waals surface area contributed by atoms with Crippen LogP contribution in [0.5, 0.6) is 0 Å². The molecular formula is C7H6BrClIN. The second-order valence-corrected chi connectivity index (χ2v) is 4.04. The Morgan fingerprint density at radius 3 is 2.64 bits per heavy atom. The first-order chi connectivity index (χ1) is 5.15. The van der Waals surface area contributed by atoms with Crippen LogP contribution in [0.1, 0.15) is 5.56 Å². The minimum Gasteiger partial charge on any atom is -0.327 e. The van der Waals surface area contributed by atoms with Gasteiger partial charge in [-0.05, 0) is 24.6 Å². The number of nitrogens with one attached hydrogen (secondary N) is 1. The lowest BCUT2D eigenvalue weighted by molar-refractivity contribution is 1.46. The summed E-state index contributed by atoms with van der Waals surface area (Å²) in [5, 5.41) is 0.742. The van der Waals surface area contributed by atoms with E-state index in [1.807, 2.05) is 19.1 Å². The predicted octanol–water partition coefficient (Wildman–Crippen LogP) is 4.17. The molecular weight excluding hydrogens is 340 g/mol. The number of halogens is 3. The molecule has 1 nitrogen and oxygen atoms in total. The summed E-state index contributed by atoms with van der Waals surface area (Å²) < 4.78 is 4.02. The Balaban J connectivity index is 3.25. The summed E-state index contributed by atoms with van der Waals surface area (Å²) in [6.45, 7) is 2.01. The summed E-state index contributed by atoms with van der Waals surface area (Å²) in [7, 11) is 0. The number of anilines is 1. The zero-order valence-corrected chi connectivity index (χ0v) is 10.3. The van der Waals surface area contributed by atoms with Crippen molar-refractivity contribution in [1.82, 2.24) is 0 Å². The van der Waals surface area contributed by atoms with E-state index in [1.54, 1.807) is 0 Å². The minimum atomic E-state index is 0.742. The second-order valence-electron chi connectivity index (χ2n) is 2.17. The van der Waals surface area contributed by atoms with Crippen LogP contribution in [-0.2, 0) is 0 Å². The van der Waals surface area contributed by atoms with E-state index in [1.165, 1.54) is 0 Å². The molecule has 0 bridgehead atoms. The molecule has 0 unspecified atom stereocenters. The van der Waals surface area contributed by atoms with Crippen LogP contribution in [0.15, 0.2) is 16.6 Å².